The van der Waals surface area contributed by atoms with E-state index in [4.69, 9.17) is 5.11 Å². The highest BCUT2D eigenvalue weighted by atomic mass is 79.9. The van der Waals surface area contributed by atoms with E-state index < -0.39 is 16.0 Å². The first kappa shape index (κ1) is 15.5. The molecule has 18 heavy (non-hydrogen) atoms. The zero-order valence-electron chi connectivity index (χ0n) is 9.65. The molecular weight excluding hydrogens is 390 g/mol. The van der Waals surface area contributed by atoms with Crippen LogP contribution in [0.15, 0.2) is 21.1 Å². The average molecular weight is 401 g/mol. The maximum absolute atomic E-state index is 11.7. The fourth-order valence-electron chi connectivity index (χ4n) is 1.51. The van der Waals surface area contributed by atoms with Gasteiger partial charge in [-0.05, 0) is 50.9 Å². The largest absolute Gasteiger partial charge is 0.478 e. The van der Waals surface area contributed by atoms with Gasteiger partial charge in [-0.1, -0.05) is 0 Å². The third-order valence-electron chi connectivity index (χ3n) is 2.24. The van der Waals surface area contributed by atoms with Crippen LogP contribution in [0.25, 0.3) is 0 Å². The summed E-state index contributed by atoms with van der Waals surface area (Å²) in [5, 5.41) is 9.13. The summed E-state index contributed by atoms with van der Waals surface area (Å²) < 4.78 is 25.4. The van der Waals surface area contributed by atoms with Crippen molar-refractivity contribution in [3.05, 3.63) is 26.6 Å². The third-order valence-corrected chi connectivity index (χ3v) is 5.47. The molecule has 0 saturated carbocycles. The van der Waals surface area contributed by atoms with E-state index in [1.165, 1.54) is 6.07 Å². The number of rotatable bonds is 4. The highest BCUT2D eigenvalue weighted by Crippen LogP contribution is 2.37. The van der Waals surface area contributed by atoms with Crippen molar-refractivity contribution >= 4 is 53.5 Å². The first-order chi connectivity index (χ1) is 8.20. The second-order valence-corrected chi connectivity index (χ2v) is 7.04. The quantitative estimate of drug-likeness (QED) is 0.842. The van der Waals surface area contributed by atoms with Gasteiger partial charge < -0.3 is 5.11 Å². The molecule has 1 aromatic carbocycles. The first-order valence-corrected chi connectivity index (χ1v) is 8.32. The molecule has 0 heterocycles. The summed E-state index contributed by atoms with van der Waals surface area (Å²) in [7, 11) is -3.54. The Bertz CT molecular complexity index is 586. The van der Waals surface area contributed by atoms with Crippen molar-refractivity contribution in [1.29, 1.82) is 0 Å². The van der Waals surface area contributed by atoms with Gasteiger partial charge in [-0.25, -0.2) is 13.2 Å². The Morgan fingerprint density at radius 3 is 2.33 bits per heavy atom. The zero-order valence-corrected chi connectivity index (χ0v) is 13.6. The van der Waals surface area contributed by atoms with Crippen LogP contribution in [0.4, 0.5) is 5.69 Å². The third kappa shape index (κ3) is 3.04. The van der Waals surface area contributed by atoms with E-state index >= 15 is 0 Å². The minimum Gasteiger partial charge on any atom is -0.478 e. The SMILES string of the molecule is CCN(c1c(C(=O)O)ccc(Br)c1Br)S(C)(=O)=O. The van der Waals surface area contributed by atoms with Crippen molar-refractivity contribution < 1.29 is 18.3 Å². The molecule has 5 nitrogen and oxygen atoms in total. The van der Waals surface area contributed by atoms with Gasteiger partial charge in [-0.3, -0.25) is 4.31 Å². The second kappa shape index (κ2) is 5.58. The summed E-state index contributed by atoms with van der Waals surface area (Å²) in [5.74, 6) is -1.18. The molecule has 1 rings (SSSR count). The topological polar surface area (TPSA) is 74.7 Å². The van der Waals surface area contributed by atoms with Crippen molar-refractivity contribution in [2.24, 2.45) is 0 Å². The predicted octanol–water partition coefficient (Wildman–Crippen LogP) is 2.70. The molecule has 0 aliphatic carbocycles. The van der Waals surface area contributed by atoms with Crippen molar-refractivity contribution in [2.45, 2.75) is 6.92 Å². The molecule has 0 amide bonds. The van der Waals surface area contributed by atoms with Gasteiger partial charge in [0.2, 0.25) is 10.0 Å². The van der Waals surface area contributed by atoms with Crippen LogP contribution in [0.5, 0.6) is 0 Å². The van der Waals surface area contributed by atoms with E-state index in [2.05, 4.69) is 31.9 Å². The molecule has 0 aliphatic rings. The molecule has 0 bridgehead atoms. The molecule has 0 spiro atoms. The number of halogens is 2. The maximum Gasteiger partial charge on any atom is 0.337 e. The van der Waals surface area contributed by atoms with Crippen molar-refractivity contribution in [3.8, 4) is 0 Å². The van der Waals surface area contributed by atoms with Crippen molar-refractivity contribution in [3.63, 3.8) is 0 Å². The van der Waals surface area contributed by atoms with Crippen molar-refractivity contribution in [1.82, 2.24) is 0 Å². The molecule has 100 valence electrons. The standard InChI is InChI=1S/C10H11Br2NO4S/c1-3-13(18(2,16)17)9-6(10(14)15)4-5-7(11)8(9)12/h4-5H,3H2,1-2H3,(H,14,15). The molecule has 0 fully saturated rings. The fourth-order valence-corrected chi connectivity index (χ4v) is 3.50. The summed E-state index contributed by atoms with van der Waals surface area (Å²) in [5.41, 5.74) is 0.0548. The molecule has 0 aromatic heterocycles. The number of benzene rings is 1. The number of hydrogen-bond acceptors (Lipinski definition) is 3. The molecule has 1 aromatic rings. The summed E-state index contributed by atoms with van der Waals surface area (Å²) >= 11 is 6.45. The summed E-state index contributed by atoms with van der Waals surface area (Å²) in [6.45, 7) is 1.79. The van der Waals surface area contributed by atoms with Crippen LogP contribution in [0.1, 0.15) is 17.3 Å². The number of carbonyl (C=O) groups is 1. The zero-order chi connectivity index (χ0) is 14.1. The number of carboxylic acid groups (broad SMARTS) is 1. The molecule has 8 heteroatoms. The first-order valence-electron chi connectivity index (χ1n) is 4.89. The Morgan fingerprint density at radius 2 is 1.94 bits per heavy atom. The number of anilines is 1. The molecule has 1 N–H and O–H groups in total. The summed E-state index contributed by atoms with van der Waals surface area (Å²) in [6.07, 6.45) is 1.04. The van der Waals surface area contributed by atoms with Gasteiger partial charge in [0, 0.05) is 11.0 Å². The van der Waals surface area contributed by atoms with Gasteiger partial charge in [-0.2, -0.15) is 0 Å². The van der Waals surface area contributed by atoms with Gasteiger partial charge in [0.05, 0.1) is 22.0 Å². The highest BCUT2D eigenvalue weighted by Gasteiger charge is 2.25. The van der Waals surface area contributed by atoms with Crippen LogP contribution >= 0.6 is 31.9 Å². The molecular formula is C10H11Br2NO4S. The molecule has 0 atom stereocenters. The van der Waals surface area contributed by atoms with Crippen LogP contribution < -0.4 is 4.31 Å². The van der Waals surface area contributed by atoms with Gasteiger partial charge in [0.15, 0.2) is 0 Å². The average Bonchev–Trinajstić information content (AvgIpc) is 2.23. The Hall–Kier alpha value is -0.600. The molecule has 0 saturated heterocycles. The van der Waals surface area contributed by atoms with Crippen LogP contribution in [0.3, 0.4) is 0 Å². The van der Waals surface area contributed by atoms with Crippen LogP contribution in [-0.4, -0.2) is 32.3 Å². The lowest BCUT2D eigenvalue weighted by Crippen LogP contribution is -2.31. The molecule has 0 aliphatic heterocycles. The molecule has 0 unspecified atom stereocenters. The predicted molar refractivity (Wildman–Crippen MR) is 76.7 cm³/mol. The van der Waals surface area contributed by atoms with E-state index in [1.807, 2.05) is 0 Å². The van der Waals surface area contributed by atoms with E-state index in [9.17, 15) is 13.2 Å². The van der Waals surface area contributed by atoms with E-state index in [0.717, 1.165) is 10.6 Å². The lowest BCUT2D eigenvalue weighted by atomic mass is 10.2. The van der Waals surface area contributed by atoms with Crippen LogP contribution in [-0.2, 0) is 10.0 Å². The Labute approximate surface area is 122 Å². The normalized spacial score (nSPS) is 11.3. The van der Waals surface area contributed by atoms with Gasteiger partial charge in [0.25, 0.3) is 0 Å². The number of aromatic carboxylic acids is 1. The van der Waals surface area contributed by atoms with Crippen LogP contribution in [0.2, 0.25) is 0 Å². The van der Waals surface area contributed by atoms with E-state index in [-0.39, 0.29) is 17.8 Å². The van der Waals surface area contributed by atoms with Gasteiger partial charge in [0.1, 0.15) is 0 Å². The van der Waals surface area contributed by atoms with E-state index in [0.29, 0.717) is 8.95 Å². The Morgan fingerprint density at radius 1 is 1.39 bits per heavy atom. The fraction of sp³-hybridized carbons (Fsp3) is 0.300. The maximum atomic E-state index is 11.7. The molecule has 0 radical (unpaired) electrons. The number of carboxylic acids is 1. The monoisotopic (exact) mass is 399 g/mol. The lowest BCUT2D eigenvalue weighted by Gasteiger charge is -2.24. The smallest absolute Gasteiger partial charge is 0.337 e. The minimum atomic E-state index is -3.54. The second-order valence-electron chi connectivity index (χ2n) is 3.49. The minimum absolute atomic E-state index is 0.0719. The Kier molecular flexibility index (Phi) is 4.79. The van der Waals surface area contributed by atoms with Gasteiger partial charge >= 0.3 is 5.97 Å². The lowest BCUT2D eigenvalue weighted by molar-refractivity contribution is 0.0697. The summed E-state index contributed by atoms with van der Waals surface area (Å²) in [4.78, 5) is 11.2. The summed E-state index contributed by atoms with van der Waals surface area (Å²) in [6, 6.07) is 2.91. The number of nitrogens with zero attached hydrogens (tertiary/aromatic N) is 1. The number of hydrogen-bond donors (Lipinski definition) is 1. The van der Waals surface area contributed by atoms with Crippen LogP contribution in [0, 0.1) is 0 Å². The van der Waals surface area contributed by atoms with Gasteiger partial charge in [-0.15, -0.1) is 0 Å². The number of sulfonamides is 1. The highest BCUT2D eigenvalue weighted by molar-refractivity contribution is 9.13. The van der Waals surface area contributed by atoms with Crippen molar-refractivity contribution in [2.75, 3.05) is 17.1 Å². The van der Waals surface area contributed by atoms with E-state index in [1.54, 1.807) is 13.0 Å². The Balaban J connectivity index is 3.64.